The van der Waals surface area contributed by atoms with Crippen LogP contribution in [0.3, 0.4) is 0 Å². The highest BCUT2D eigenvalue weighted by Crippen LogP contribution is 2.36. The maximum absolute atomic E-state index is 9.65. The van der Waals surface area contributed by atoms with Crippen LogP contribution in [0.5, 0.6) is 0 Å². The lowest BCUT2D eigenvalue weighted by Gasteiger charge is -2.16. The van der Waals surface area contributed by atoms with Gasteiger partial charge in [0.25, 0.3) is 0 Å². The zero-order valence-corrected chi connectivity index (χ0v) is 9.46. The van der Waals surface area contributed by atoms with E-state index in [0.29, 0.717) is 5.02 Å². The van der Waals surface area contributed by atoms with Crippen molar-refractivity contribution in [2.45, 2.75) is 12.5 Å². The van der Waals surface area contributed by atoms with Crippen molar-refractivity contribution in [3.8, 4) is 0 Å². The number of nitrogens with two attached hydrogens (primary N) is 1. The highest BCUT2D eigenvalue weighted by Gasteiger charge is 2.21. The molecule has 1 aromatic rings. The molecule has 1 heterocycles. The molecule has 15 heavy (non-hydrogen) atoms. The normalized spacial score (nSPS) is 16.7. The number of aliphatic hydroxyl groups excluding tert-OH is 1. The van der Waals surface area contributed by atoms with E-state index in [9.17, 15) is 5.11 Å². The minimum atomic E-state index is -0.612. The molecule has 0 fully saturated rings. The van der Waals surface area contributed by atoms with E-state index in [4.69, 9.17) is 17.3 Å². The molecular weight excluding hydrogens is 212 g/mol. The van der Waals surface area contributed by atoms with Crippen molar-refractivity contribution in [1.29, 1.82) is 0 Å². The molecule has 0 amide bonds. The third-order valence-corrected chi connectivity index (χ3v) is 3.16. The van der Waals surface area contributed by atoms with Gasteiger partial charge in [-0.05, 0) is 23.6 Å². The van der Waals surface area contributed by atoms with Crippen molar-refractivity contribution >= 4 is 17.3 Å². The van der Waals surface area contributed by atoms with Crippen molar-refractivity contribution in [3.63, 3.8) is 0 Å². The summed E-state index contributed by atoms with van der Waals surface area (Å²) < 4.78 is 0. The van der Waals surface area contributed by atoms with Crippen LogP contribution in [0.15, 0.2) is 12.1 Å². The molecule has 0 spiro atoms. The smallest absolute Gasteiger partial charge is 0.0912 e. The van der Waals surface area contributed by atoms with E-state index < -0.39 is 6.10 Å². The second kappa shape index (κ2) is 4.00. The van der Waals surface area contributed by atoms with Gasteiger partial charge in [0.1, 0.15) is 0 Å². The Morgan fingerprint density at radius 1 is 1.60 bits per heavy atom. The van der Waals surface area contributed by atoms with Crippen LogP contribution in [-0.2, 0) is 6.42 Å². The molecule has 1 atom stereocenters. The first-order valence-electron chi connectivity index (χ1n) is 5.05. The molecule has 82 valence electrons. The Labute approximate surface area is 94.4 Å². The van der Waals surface area contributed by atoms with Crippen LogP contribution in [-0.4, -0.2) is 25.2 Å². The monoisotopic (exact) mass is 226 g/mol. The lowest BCUT2D eigenvalue weighted by atomic mass is 10.0. The molecule has 0 aliphatic carbocycles. The number of benzene rings is 1. The van der Waals surface area contributed by atoms with Crippen molar-refractivity contribution in [2.24, 2.45) is 5.73 Å². The van der Waals surface area contributed by atoms with Crippen LogP contribution in [0.25, 0.3) is 0 Å². The SMILES string of the molecule is CN1CCc2cc([C@H](O)CN)cc(Cl)c21. The zero-order valence-electron chi connectivity index (χ0n) is 8.70. The Balaban J connectivity index is 2.44. The van der Waals surface area contributed by atoms with Crippen molar-refractivity contribution in [2.75, 3.05) is 25.0 Å². The molecule has 0 bridgehead atoms. The molecule has 0 unspecified atom stereocenters. The maximum atomic E-state index is 9.65. The highest BCUT2D eigenvalue weighted by atomic mass is 35.5. The van der Waals surface area contributed by atoms with E-state index in [1.807, 2.05) is 13.1 Å². The Kier molecular flexibility index (Phi) is 2.87. The largest absolute Gasteiger partial charge is 0.387 e. The maximum Gasteiger partial charge on any atom is 0.0912 e. The summed E-state index contributed by atoms with van der Waals surface area (Å²) in [6.45, 7) is 1.21. The molecular formula is C11H15ClN2O. The summed E-state index contributed by atoms with van der Waals surface area (Å²) in [5.74, 6) is 0. The number of fused-ring (bicyclic) bond motifs is 1. The van der Waals surface area contributed by atoms with Gasteiger partial charge in [-0.2, -0.15) is 0 Å². The first-order valence-corrected chi connectivity index (χ1v) is 5.43. The Bertz CT molecular complexity index is 381. The molecule has 0 saturated heterocycles. The first-order chi connectivity index (χ1) is 7.13. The molecule has 3 nitrogen and oxygen atoms in total. The molecule has 1 aliphatic rings. The van der Waals surface area contributed by atoms with Gasteiger partial charge in [0.2, 0.25) is 0 Å². The number of aliphatic hydroxyl groups is 1. The first kappa shape index (κ1) is 10.7. The fraction of sp³-hybridized carbons (Fsp3) is 0.455. The van der Waals surface area contributed by atoms with Gasteiger partial charge in [-0.3, -0.25) is 0 Å². The topological polar surface area (TPSA) is 49.5 Å². The molecule has 1 aromatic carbocycles. The van der Waals surface area contributed by atoms with Gasteiger partial charge < -0.3 is 15.7 Å². The number of hydrogen-bond acceptors (Lipinski definition) is 3. The number of halogens is 1. The van der Waals surface area contributed by atoms with E-state index in [1.54, 1.807) is 6.07 Å². The van der Waals surface area contributed by atoms with E-state index in [2.05, 4.69) is 4.90 Å². The molecule has 3 N–H and O–H groups in total. The molecule has 2 rings (SSSR count). The molecule has 0 radical (unpaired) electrons. The molecule has 0 saturated carbocycles. The number of nitrogens with zero attached hydrogens (tertiary/aromatic N) is 1. The number of hydrogen-bond donors (Lipinski definition) is 2. The van der Waals surface area contributed by atoms with E-state index >= 15 is 0 Å². The quantitative estimate of drug-likeness (QED) is 0.800. The highest BCUT2D eigenvalue weighted by molar-refractivity contribution is 6.33. The lowest BCUT2D eigenvalue weighted by Crippen LogP contribution is -2.13. The van der Waals surface area contributed by atoms with Crippen LogP contribution < -0.4 is 10.6 Å². The summed E-state index contributed by atoms with van der Waals surface area (Å²) in [4.78, 5) is 2.14. The number of anilines is 1. The average Bonchev–Trinajstić information content (AvgIpc) is 2.59. The van der Waals surface area contributed by atoms with E-state index in [-0.39, 0.29) is 6.54 Å². The van der Waals surface area contributed by atoms with Crippen molar-refractivity contribution < 1.29 is 5.11 Å². The summed E-state index contributed by atoms with van der Waals surface area (Å²) in [6, 6.07) is 3.81. The predicted molar refractivity (Wildman–Crippen MR) is 62.4 cm³/mol. The molecule has 1 aliphatic heterocycles. The average molecular weight is 227 g/mol. The third-order valence-electron chi connectivity index (χ3n) is 2.87. The second-order valence-electron chi connectivity index (χ2n) is 3.93. The van der Waals surface area contributed by atoms with E-state index in [0.717, 1.165) is 24.2 Å². The lowest BCUT2D eigenvalue weighted by molar-refractivity contribution is 0.186. The number of rotatable bonds is 2. The fourth-order valence-corrected chi connectivity index (χ4v) is 2.42. The van der Waals surface area contributed by atoms with Gasteiger partial charge in [-0.1, -0.05) is 17.7 Å². The van der Waals surface area contributed by atoms with Crippen molar-refractivity contribution in [3.05, 3.63) is 28.3 Å². The summed E-state index contributed by atoms with van der Waals surface area (Å²) >= 11 is 6.18. The summed E-state index contributed by atoms with van der Waals surface area (Å²) in [5, 5.41) is 10.4. The van der Waals surface area contributed by atoms with E-state index in [1.165, 1.54) is 5.56 Å². The van der Waals surface area contributed by atoms with Crippen LogP contribution in [0.4, 0.5) is 5.69 Å². The minimum absolute atomic E-state index is 0.227. The number of likely N-dealkylation sites (N-methyl/N-ethyl adjacent to an activating group) is 1. The van der Waals surface area contributed by atoms with Crippen LogP contribution >= 0.6 is 11.6 Å². The van der Waals surface area contributed by atoms with Crippen LogP contribution in [0.1, 0.15) is 17.2 Å². The fourth-order valence-electron chi connectivity index (χ4n) is 2.03. The Morgan fingerprint density at radius 3 is 3.00 bits per heavy atom. The molecule has 0 aromatic heterocycles. The van der Waals surface area contributed by atoms with Crippen LogP contribution in [0, 0.1) is 0 Å². The van der Waals surface area contributed by atoms with Gasteiger partial charge in [-0.15, -0.1) is 0 Å². The van der Waals surface area contributed by atoms with Crippen LogP contribution in [0.2, 0.25) is 5.02 Å². The standard InChI is InChI=1S/C11H15ClN2O/c1-14-3-2-7-4-8(10(15)6-13)5-9(12)11(7)14/h4-5,10,15H,2-3,6,13H2,1H3/t10-/m1/s1. The molecule has 4 heteroatoms. The van der Waals surface area contributed by atoms with Gasteiger partial charge in [-0.25, -0.2) is 0 Å². The van der Waals surface area contributed by atoms with Gasteiger partial charge in [0.15, 0.2) is 0 Å². The summed E-state index contributed by atoms with van der Waals surface area (Å²) in [7, 11) is 2.02. The van der Waals surface area contributed by atoms with Gasteiger partial charge in [0.05, 0.1) is 16.8 Å². The Hall–Kier alpha value is -0.770. The second-order valence-corrected chi connectivity index (χ2v) is 4.34. The Morgan fingerprint density at radius 2 is 2.33 bits per heavy atom. The third kappa shape index (κ3) is 1.83. The summed E-state index contributed by atoms with van der Waals surface area (Å²) in [6.07, 6.45) is 0.371. The van der Waals surface area contributed by atoms with Gasteiger partial charge in [0, 0.05) is 20.1 Å². The summed E-state index contributed by atoms with van der Waals surface area (Å²) in [5.41, 5.74) is 8.53. The predicted octanol–water partition coefficient (Wildman–Crippen LogP) is 1.32. The zero-order chi connectivity index (χ0) is 11.0. The van der Waals surface area contributed by atoms with Gasteiger partial charge >= 0.3 is 0 Å². The minimum Gasteiger partial charge on any atom is -0.387 e. The van der Waals surface area contributed by atoms with Crippen molar-refractivity contribution in [1.82, 2.24) is 0 Å².